The third-order valence-electron chi connectivity index (χ3n) is 4.81. The third-order valence-corrected chi connectivity index (χ3v) is 5.69. The van der Waals surface area contributed by atoms with Crippen molar-refractivity contribution in [1.82, 2.24) is 24.4 Å². The molecule has 6 nitrogen and oxygen atoms in total. The van der Waals surface area contributed by atoms with E-state index < -0.39 is 0 Å². The van der Waals surface area contributed by atoms with Crippen molar-refractivity contribution < 1.29 is 0 Å². The topological polar surface area (TPSA) is 66.8 Å². The van der Waals surface area contributed by atoms with Crippen LogP contribution in [0.4, 0.5) is 0 Å². The van der Waals surface area contributed by atoms with Crippen LogP contribution in [-0.2, 0) is 18.6 Å². The number of likely N-dealkylation sites (N-methyl/N-ethyl adjacent to an activating group) is 1. The minimum Gasteiger partial charge on any atom is -0.328 e. The second kappa shape index (κ2) is 5.79. The lowest BCUT2D eigenvalue weighted by atomic mass is 10.1. The molecule has 0 saturated carbocycles. The Hall–Kier alpha value is -1.60. The summed E-state index contributed by atoms with van der Waals surface area (Å²) in [6, 6.07) is 0.517. The van der Waals surface area contributed by atoms with E-state index in [0.29, 0.717) is 6.04 Å². The lowest BCUT2D eigenvalue weighted by molar-refractivity contribution is 0.139. The summed E-state index contributed by atoms with van der Waals surface area (Å²) < 4.78 is 2.29. The van der Waals surface area contributed by atoms with Gasteiger partial charge >= 0.3 is 0 Å². The van der Waals surface area contributed by atoms with E-state index in [1.807, 2.05) is 13.3 Å². The molecule has 2 aromatic rings. The Bertz CT molecular complexity index is 790. The van der Waals surface area contributed by atoms with E-state index in [1.54, 1.807) is 11.8 Å². The molecular weight excluding hydrogens is 310 g/mol. The van der Waals surface area contributed by atoms with Crippen molar-refractivity contribution >= 4 is 11.8 Å². The Balaban J connectivity index is 1.53. The van der Waals surface area contributed by atoms with Gasteiger partial charge in [-0.05, 0) is 33.2 Å². The first kappa shape index (κ1) is 15.0. The number of likely N-dealkylation sites (tertiary alicyclic amines) is 1. The highest BCUT2D eigenvalue weighted by Crippen LogP contribution is 2.27. The monoisotopic (exact) mass is 331 g/mol. The molecule has 7 heteroatoms. The van der Waals surface area contributed by atoms with E-state index in [4.69, 9.17) is 0 Å². The summed E-state index contributed by atoms with van der Waals surface area (Å²) in [5.74, 6) is 0.785. The van der Waals surface area contributed by atoms with Gasteiger partial charge in [0.25, 0.3) is 5.56 Å². The van der Waals surface area contributed by atoms with Crippen LogP contribution in [-0.4, -0.2) is 44.6 Å². The zero-order valence-corrected chi connectivity index (χ0v) is 14.3. The molecular formula is C16H21N5OS. The SMILES string of the molecule is Cc1ncn(C2CN(C)C2)c1CSc1nc2c(c(=O)[nH]1)CCC2. The summed E-state index contributed by atoms with van der Waals surface area (Å²) in [5, 5.41) is 0.730. The van der Waals surface area contributed by atoms with Crippen LogP contribution in [0.2, 0.25) is 0 Å². The van der Waals surface area contributed by atoms with Crippen molar-refractivity contribution in [2.75, 3.05) is 20.1 Å². The summed E-state index contributed by atoms with van der Waals surface area (Å²) in [6.07, 6.45) is 4.78. The van der Waals surface area contributed by atoms with Crippen LogP contribution in [0.1, 0.15) is 35.1 Å². The van der Waals surface area contributed by atoms with Crippen molar-refractivity contribution in [3.63, 3.8) is 0 Å². The zero-order chi connectivity index (χ0) is 16.0. The molecule has 0 bridgehead atoms. The normalized spacial score (nSPS) is 18.2. The molecule has 1 aliphatic carbocycles. The number of rotatable bonds is 4. The van der Waals surface area contributed by atoms with Gasteiger partial charge < -0.3 is 14.5 Å². The number of imidazole rings is 1. The highest BCUT2D eigenvalue weighted by molar-refractivity contribution is 7.98. The molecule has 4 rings (SSSR count). The summed E-state index contributed by atoms with van der Waals surface area (Å²) in [4.78, 5) is 26.4. The molecule has 23 heavy (non-hydrogen) atoms. The van der Waals surface area contributed by atoms with Crippen LogP contribution in [0.25, 0.3) is 0 Å². The molecule has 0 amide bonds. The Morgan fingerprint density at radius 3 is 3.00 bits per heavy atom. The third kappa shape index (κ3) is 2.72. The average Bonchev–Trinajstić information content (AvgIpc) is 3.09. The zero-order valence-electron chi connectivity index (χ0n) is 13.5. The molecule has 1 fully saturated rings. The summed E-state index contributed by atoms with van der Waals surface area (Å²) in [5.41, 5.74) is 4.21. The van der Waals surface area contributed by atoms with Gasteiger partial charge in [-0.25, -0.2) is 9.97 Å². The van der Waals surface area contributed by atoms with Gasteiger partial charge in [0.05, 0.1) is 29.5 Å². The van der Waals surface area contributed by atoms with Crippen molar-refractivity contribution in [2.24, 2.45) is 0 Å². The predicted octanol–water partition coefficient (Wildman–Crippen LogP) is 1.54. The second-order valence-electron chi connectivity index (χ2n) is 6.50. The lowest BCUT2D eigenvalue weighted by Gasteiger charge is -2.37. The van der Waals surface area contributed by atoms with E-state index in [1.165, 1.54) is 5.69 Å². The fourth-order valence-corrected chi connectivity index (χ4v) is 4.41. The van der Waals surface area contributed by atoms with Gasteiger partial charge in [-0.3, -0.25) is 4.79 Å². The maximum Gasteiger partial charge on any atom is 0.254 e. The van der Waals surface area contributed by atoms with Crippen LogP contribution < -0.4 is 5.56 Å². The van der Waals surface area contributed by atoms with Gasteiger partial charge in [0, 0.05) is 24.4 Å². The first-order valence-corrected chi connectivity index (χ1v) is 9.06. The second-order valence-corrected chi connectivity index (χ2v) is 7.46. The van der Waals surface area contributed by atoms with Crippen LogP contribution in [0.5, 0.6) is 0 Å². The molecule has 1 saturated heterocycles. The largest absolute Gasteiger partial charge is 0.328 e. The molecule has 0 radical (unpaired) electrons. The summed E-state index contributed by atoms with van der Waals surface area (Å²) >= 11 is 1.60. The van der Waals surface area contributed by atoms with E-state index in [0.717, 1.165) is 60.2 Å². The Kier molecular flexibility index (Phi) is 3.77. The highest BCUT2D eigenvalue weighted by atomic mass is 32.2. The first-order valence-electron chi connectivity index (χ1n) is 8.07. The molecule has 3 heterocycles. The number of H-pyrrole nitrogens is 1. The Morgan fingerprint density at radius 2 is 2.22 bits per heavy atom. The highest BCUT2D eigenvalue weighted by Gasteiger charge is 2.27. The van der Waals surface area contributed by atoms with Gasteiger partial charge in [-0.2, -0.15) is 0 Å². The first-order chi connectivity index (χ1) is 11.1. The van der Waals surface area contributed by atoms with E-state index in [2.05, 4.69) is 31.5 Å². The number of nitrogens with one attached hydrogen (secondary N) is 1. The molecule has 1 aliphatic heterocycles. The molecule has 0 spiro atoms. The smallest absolute Gasteiger partial charge is 0.254 e. The number of aryl methyl sites for hydroxylation is 2. The fourth-order valence-electron chi connectivity index (χ4n) is 3.44. The number of nitrogens with zero attached hydrogens (tertiary/aromatic N) is 4. The molecule has 2 aliphatic rings. The number of aromatic amines is 1. The quantitative estimate of drug-likeness (QED) is 0.680. The number of aromatic nitrogens is 4. The fraction of sp³-hybridized carbons (Fsp3) is 0.562. The number of thioether (sulfide) groups is 1. The Labute approximate surface area is 139 Å². The molecule has 0 unspecified atom stereocenters. The van der Waals surface area contributed by atoms with Crippen LogP contribution in [0.15, 0.2) is 16.3 Å². The molecule has 1 N–H and O–H groups in total. The van der Waals surface area contributed by atoms with Gasteiger partial charge in [0.2, 0.25) is 0 Å². The molecule has 0 atom stereocenters. The van der Waals surface area contributed by atoms with E-state index in [9.17, 15) is 4.79 Å². The summed E-state index contributed by atoms with van der Waals surface area (Å²) in [7, 11) is 2.13. The Morgan fingerprint density at radius 1 is 1.39 bits per heavy atom. The van der Waals surface area contributed by atoms with Crippen molar-refractivity contribution in [1.29, 1.82) is 0 Å². The van der Waals surface area contributed by atoms with Crippen LogP contribution in [0, 0.1) is 6.92 Å². The molecule has 2 aromatic heterocycles. The van der Waals surface area contributed by atoms with Gasteiger partial charge in [-0.1, -0.05) is 11.8 Å². The van der Waals surface area contributed by atoms with Gasteiger partial charge in [0.15, 0.2) is 5.16 Å². The average molecular weight is 331 g/mol. The number of fused-ring (bicyclic) bond motifs is 1. The minimum absolute atomic E-state index is 0.0425. The number of hydrogen-bond donors (Lipinski definition) is 1. The van der Waals surface area contributed by atoms with E-state index in [-0.39, 0.29) is 5.56 Å². The minimum atomic E-state index is 0.0425. The maximum absolute atomic E-state index is 12.1. The lowest BCUT2D eigenvalue weighted by Crippen LogP contribution is -2.45. The van der Waals surface area contributed by atoms with Crippen LogP contribution >= 0.6 is 11.8 Å². The number of hydrogen-bond acceptors (Lipinski definition) is 5. The summed E-state index contributed by atoms with van der Waals surface area (Å²) in [6.45, 7) is 4.19. The molecule has 122 valence electrons. The maximum atomic E-state index is 12.1. The van der Waals surface area contributed by atoms with Crippen LogP contribution in [0.3, 0.4) is 0 Å². The molecule has 0 aromatic carbocycles. The van der Waals surface area contributed by atoms with Crippen molar-refractivity contribution in [3.8, 4) is 0 Å². The van der Waals surface area contributed by atoms with Crippen molar-refractivity contribution in [2.45, 2.75) is 43.1 Å². The standard InChI is InChI=1S/C16H21N5OS/c1-10-14(21(9-17-10)11-6-20(2)7-11)8-23-16-18-13-5-3-4-12(13)15(22)19-16/h9,11H,3-8H2,1-2H3,(H,18,19,22). The van der Waals surface area contributed by atoms with Gasteiger partial charge in [-0.15, -0.1) is 0 Å². The predicted molar refractivity (Wildman–Crippen MR) is 89.9 cm³/mol. The van der Waals surface area contributed by atoms with E-state index >= 15 is 0 Å². The van der Waals surface area contributed by atoms with Crippen molar-refractivity contribution in [3.05, 3.63) is 39.3 Å². The van der Waals surface area contributed by atoms with Gasteiger partial charge in [0.1, 0.15) is 0 Å².